The Balaban J connectivity index is 2.48. The van der Waals surface area contributed by atoms with Crippen LogP contribution < -0.4 is 5.32 Å². The molecule has 1 heterocycles. The largest absolute Gasteiger partial charge is 0.349 e. The van der Waals surface area contributed by atoms with E-state index in [1.807, 2.05) is 0 Å². The summed E-state index contributed by atoms with van der Waals surface area (Å²) in [4.78, 5) is 10.3. The predicted molar refractivity (Wildman–Crippen MR) is 23.6 cm³/mol. The SMILES string of the molecule is CC1OCNC1=O. The van der Waals surface area contributed by atoms with Gasteiger partial charge in [-0.15, -0.1) is 0 Å². The third-order valence-corrected chi connectivity index (χ3v) is 0.949. The van der Waals surface area contributed by atoms with Gasteiger partial charge in [0, 0.05) is 0 Å². The maximum atomic E-state index is 10.3. The normalized spacial score (nSPS) is 30.4. The smallest absolute Gasteiger partial charge is 0.250 e. The van der Waals surface area contributed by atoms with Crippen molar-refractivity contribution >= 4 is 5.91 Å². The Kier molecular flexibility index (Phi) is 0.982. The van der Waals surface area contributed by atoms with Crippen LogP contribution in [0.15, 0.2) is 0 Å². The van der Waals surface area contributed by atoms with E-state index < -0.39 is 0 Å². The molecule has 3 heteroatoms. The molecule has 0 aromatic rings. The van der Waals surface area contributed by atoms with Gasteiger partial charge in [0.1, 0.15) is 12.8 Å². The van der Waals surface area contributed by atoms with E-state index in [-0.39, 0.29) is 12.0 Å². The summed E-state index contributed by atoms with van der Waals surface area (Å²) in [5.74, 6) is -0.0139. The van der Waals surface area contributed by atoms with Gasteiger partial charge in [0.15, 0.2) is 0 Å². The summed E-state index contributed by atoms with van der Waals surface area (Å²) in [6.45, 7) is 2.10. The van der Waals surface area contributed by atoms with Gasteiger partial charge in [-0.1, -0.05) is 0 Å². The van der Waals surface area contributed by atoms with Gasteiger partial charge in [-0.05, 0) is 6.92 Å². The molecule has 1 saturated heterocycles. The predicted octanol–water partition coefficient (Wildman–Crippen LogP) is -0.521. The fourth-order valence-electron chi connectivity index (χ4n) is 0.457. The van der Waals surface area contributed by atoms with Crippen molar-refractivity contribution in [3.63, 3.8) is 0 Å². The highest BCUT2D eigenvalue weighted by atomic mass is 16.5. The lowest BCUT2D eigenvalue weighted by Crippen LogP contribution is -2.20. The summed E-state index contributed by atoms with van der Waals surface area (Å²) >= 11 is 0. The van der Waals surface area contributed by atoms with Gasteiger partial charge >= 0.3 is 0 Å². The topological polar surface area (TPSA) is 38.3 Å². The maximum Gasteiger partial charge on any atom is 0.250 e. The first-order valence-corrected chi connectivity index (χ1v) is 2.20. The lowest BCUT2D eigenvalue weighted by Gasteiger charge is -1.90. The second-order valence-corrected chi connectivity index (χ2v) is 1.49. The molecular formula is C4H7NO2. The van der Waals surface area contributed by atoms with Crippen LogP contribution in [-0.4, -0.2) is 18.7 Å². The molecule has 1 atom stereocenters. The summed E-state index contributed by atoms with van der Waals surface area (Å²) in [5.41, 5.74) is 0. The summed E-state index contributed by atoms with van der Waals surface area (Å²) < 4.78 is 4.80. The molecule has 40 valence electrons. The third kappa shape index (κ3) is 0.718. The fourth-order valence-corrected chi connectivity index (χ4v) is 0.457. The minimum atomic E-state index is -0.236. The van der Waals surface area contributed by atoms with Gasteiger partial charge in [-0.3, -0.25) is 4.79 Å². The molecule has 1 unspecified atom stereocenters. The molecule has 0 saturated carbocycles. The first-order valence-electron chi connectivity index (χ1n) is 2.20. The van der Waals surface area contributed by atoms with Gasteiger partial charge in [0.2, 0.25) is 0 Å². The van der Waals surface area contributed by atoms with Crippen molar-refractivity contribution < 1.29 is 9.53 Å². The van der Waals surface area contributed by atoms with Gasteiger partial charge in [-0.2, -0.15) is 0 Å². The molecule has 0 bridgehead atoms. The second-order valence-electron chi connectivity index (χ2n) is 1.49. The minimum Gasteiger partial charge on any atom is -0.349 e. The molecule has 1 aliphatic heterocycles. The van der Waals surface area contributed by atoms with Crippen LogP contribution in [0.25, 0.3) is 0 Å². The second kappa shape index (κ2) is 1.50. The molecule has 1 fully saturated rings. The molecule has 0 radical (unpaired) electrons. The van der Waals surface area contributed by atoms with Crippen molar-refractivity contribution in [2.45, 2.75) is 13.0 Å². The molecule has 7 heavy (non-hydrogen) atoms. The van der Waals surface area contributed by atoms with Crippen molar-refractivity contribution in [1.82, 2.24) is 5.32 Å². The lowest BCUT2D eigenvalue weighted by molar-refractivity contribution is -0.122. The number of hydrogen-bond acceptors (Lipinski definition) is 2. The van der Waals surface area contributed by atoms with Crippen molar-refractivity contribution in [2.24, 2.45) is 0 Å². The number of ether oxygens (including phenoxy) is 1. The number of rotatable bonds is 0. The number of nitrogens with one attached hydrogen (secondary N) is 1. The average Bonchev–Trinajstić information content (AvgIpc) is 1.91. The summed E-state index contributed by atoms with van der Waals surface area (Å²) in [7, 11) is 0. The Morgan fingerprint density at radius 1 is 2.00 bits per heavy atom. The Hall–Kier alpha value is -0.570. The fraction of sp³-hybridized carbons (Fsp3) is 0.750. The van der Waals surface area contributed by atoms with E-state index in [9.17, 15) is 4.79 Å². The maximum absolute atomic E-state index is 10.3. The molecule has 1 amide bonds. The first-order chi connectivity index (χ1) is 3.30. The quantitative estimate of drug-likeness (QED) is 0.446. The Morgan fingerprint density at radius 3 is 2.86 bits per heavy atom. The van der Waals surface area contributed by atoms with Crippen LogP contribution in [-0.2, 0) is 9.53 Å². The summed E-state index contributed by atoms with van der Waals surface area (Å²) in [6.07, 6.45) is -0.236. The van der Waals surface area contributed by atoms with Gasteiger partial charge in [-0.25, -0.2) is 0 Å². The zero-order chi connectivity index (χ0) is 5.28. The third-order valence-electron chi connectivity index (χ3n) is 0.949. The summed E-state index contributed by atoms with van der Waals surface area (Å²) in [5, 5.41) is 2.51. The van der Waals surface area contributed by atoms with E-state index >= 15 is 0 Å². The number of hydrogen-bond donors (Lipinski definition) is 1. The Bertz CT molecular complexity index is 91.7. The highest BCUT2D eigenvalue weighted by Gasteiger charge is 2.18. The first kappa shape index (κ1) is 4.59. The monoisotopic (exact) mass is 101 g/mol. The zero-order valence-electron chi connectivity index (χ0n) is 4.10. The van der Waals surface area contributed by atoms with Crippen LogP contribution in [0, 0.1) is 0 Å². The molecule has 0 aliphatic carbocycles. The molecule has 3 nitrogen and oxygen atoms in total. The molecule has 1 aliphatic rings. The number of amides is 1. The van der Waals surface area contributed by atoms with Gasteiger partial charge < -0.3 is 10.1 Å². The molecule has 1 N–H and O–H groups in total. The van der Waals surface area contributed by atoms with Crippen molar-refractivity contribution in [1.29, 1.82) is 0 Å². The molecule has 1 rings (SSSR count). The number of carbonyl (C=O) groups excluding carboxylic acids is 1. The lowest BCUT2D eigenvalue weighted by atomic mass is 10.4. The van der Waals surface area contributed by atoms with Crippen molar-refractivity contribution in [2.75, 3.05) is 6.73 Å². The molecule has 0 spiro atoms. The molecule has 0 aromatic heterocycles. The average molecular weight is 101 g/mol. The highest BCUT2D eigenvalue weighted by molar-refractivity contribution is 5.81. The minimum absolute atomic E-state index is 0.0139. The van der Waals surface area contributed by atoms with Crippen LogP contribution in [0.1, 0.15) is 6.92 Å². The van der Waals surface area contributed by atoms with Crippen molar-refractivity contribution in [3.05, 3.63) is 0 Å². The van der Waals surface area contributed by atoms with Crippen LogP contribution in [0.3, 0.4) is 0 Å². The van der Waals surface area contributed by atoms with Crippen LogP contribution in [0.2, 0.25) is 0 Å². The van der Waals surface area contributed by atoms with E-state index in [2.05, 4.69) is 5.32 Å². The van der Waals surface area contributed by atoms with Crippen LogP contribution in [0.4, 0.5) is 0 Å². The van der Waals surface area contributed by atoms with E-state index in [0.717, 1.165) is 0 Å². The van der Waals surface area contributed by atoms with E-state index in [1.165, 1.54) is 0 Å². The zero-order valence-corrected chi connectivity index (χ0v) is 4.10. The molecular weight excluding hydrogens is 94.0 g/mol. The Morgan fingerprint density at radius 2 is 2.71 bits per heavy atom. The molecule has 0 aromatic carbocycles. The van der Waals surface area contributed by atoms with Gasteiger partial charge in [0.05, 0.1) is 0 Å². The standard InChI is InChI=1S/C4H7NO2/c1-3-4(6)5-2-7-3/h3H,2H2,1H3,(H,5,6). The van der Waals surface area contributed by atoms with Crippen molar-refractivity contribution in [3.8, 4) is 0 Å². The van der Waals surface area contributed by atoms with E-state index in [0.29, 0.717) is 6.73 Å². The van der Waals surface area contributed by atoms with Crippen LogP contribution in [0.5, 0.6) is 0 Å². The summed E-state index contributed by atoms with van der Waals surface area (Å²) in [6, 6.07) is 0. The van der Waals surface area contributed by atoms with E-state index in [4.69, 9.17) is 4.74 Å². The van der Waals surface area contributed by atoms with Crippen LogP contribution >= 0.6 is 0 Å². The highest BCUT2D eigenvalue weighted by Crippen LogP contribution is 1.94. The van der Waals surface area contributed by atoms with E-state index in [1.54, 1.807) is 6.92 Å². The Labute approximate surface area is 41.7 Å². The number of carbonyl (C=O) groups is 1. The van der Waals surface area contributed by atoms with Gasteiger partial charge in [0.25, 0.3) is 5.91 Å².